The molecule has 9 nitrogen and oxygen atoms in total. The van der Waals surface area contributed by atoms with Crippen molar-refractivity contribution >= 4 is 27.6 Å². The van der Waals surface area contributed by atoms with E-state index >= 15 is 0 Å². The second-order valence-electron chi connectivity index (χ2n) is 4.89. The Hall–Kier alpha value is -3.14. The number of benzene rings is 1. The predicted octanol–water partition coefficient (Wildman–Crippen LogP) is 1.69. The van der Waals surface area contributed by atoms with Crippen LogP contribution in [0.1, 0.15) is 10.4 Å². The summed E-state index contributed by atoms with van der Waals surface area (Å²) in [7, 11) is -3.42. The zero-order valence-electron chi connectivity index (χ0n) is 12.5. The van der Waals surface area contributed by atoms with Gasteiger partial charge in [0, 0.05) is 11.3 Å². The van der Waals surface area contributed by atoms with Gasteiger partial charge in [-0.05, 0) is 30.3 Å². The Morgan fingerprint density at radius 2 is 2.08 bits per heavy atom. The van der Waals surface area contributed by atoms with Gasteiger partial charge in [0.15, 0.2) is 11.6 Å². The van der Waals surface area contributed by atoms with Crippen LogP contribution >= 0.6 is 0 Å². The summed E-state index contributed by atoms with van der Waals surface area (Å²) < 4.78 is 30.0. The second-order valence-corrected chi connectivity index (χ2v) is 6.64. The summed E-state index contributed by atoms with van der Waals surface area (Å²) in [6, 6.07) is 9.47. The number of sulfonamides is 1. The number of nitrogens with zero attached hydrogens (tertiary/aromatic N) is 2. The summed E-state index contributed by atoms with van der Waals surface area (Å²) in [5, 5.41) is 9.05. The first-order valence-corrected chi connectivity index (χ1v) is 8.65. The fourth-order valence-corrected chi connectivity index (χ4v) is 2.51. The molecule has 0 aliphatic rings. The SMILES string of the molecule is CS(=O)(=O)Nc1cccc(C(=O)Nc2n[nH]c(-c3ccco3)n2)c1. The third kappa shape index (κ3) is 3.79. The summed E-state index contributed by atoms with van der Waals surface area (Å²) in [5.74, 6) is 0.468. The molecule has 3 N–H and O–H groups in total. The number of amides is 1. The number of hydrogen-bond donors (Lipinski definition) is 3. The Balaban J connectivity index is 1.74. The Labute approximate surface area is 137 Å². The molecule has 3 aromatic rings. The third-order valence-electron chi connectivity index (χ3n) is 2.89. The van der Waals surface area contributed by atoms with Crippen LogP contribution in [0, 0.1) is 0 Å². The molecule has 2 heterocycles. The maximum atomic E-state index is 12.2. The van der Waals surface area contributed by atoms with Crippen LogP contribution in [0.25, 0.3) is 11.6 Å². The molecule has 0 unspecified atom stereocenters. The average Bonchev–Trinajstić information content (AvgIpc) is 3.16. The van der Waals surface area contributed by atoms with E-state index in [1.165, 1.54) is 12.3 Å². The maximum absolute atomic E-state index is 12.2. The highest BCUT2D eigenvalue weighted by Gasteiger charge is 2.13. The fourth-order valence-electron chi connectivity index (χ4n) is 1.95. The van der Waals surface area contributed by atoms with Crippen molar-refractivity contribution in [1.82, 2.24) is 15.2 Å². The topological polar surface area (TPSA) is 130 Å². The van der Waals surface area contributed by atoms with E-state index in [0.29, 0.717) is 11.6 Å². The number of anilines is 2. The number of carbonyl (C=O) groups excluding carboxylic acids is 1. The number of hydrogen-bond acceptors (Lipinski definition) is 6. The number of rotatable bonds is 5. The molecule has 1 amide bonds. The van der Waals surface area contributed by atoms with Crippen LogP contribution in [0.5, 0.6) is 0 Å². The maximum Gasteiger partial charge on any atom is 0.258 e. The highest BCUT2D eigenvalue weighted by Crippen LogP contribution is 2.17. The minimum atomic E-state index is -3.42. The van der Waals surface area contributed by atoms with Crippen molar-refractivity contribution < 1.29 is 17.6 Å². The Morgan fingerprint density at radius 3 is 2.79 bits per heavy atom. The second kappa shape index (κ2) is 6.16. The lowest BCUT2D eigenvalue weighted by Crippen LogP contribution is -2.14. The summed E-state index contributed by atoms with van der Waals surface area (Å²) in [6.45, 7) is 0. The van der Waals surface area contributed by atoms with Crippen LogP contribution in [-0.4, -0.2) is 35.8 Å². The summed E-state index contributed by atoms with van der Waals surface area (Å²) >= 11 is 0. The van der Waals surface area contributed by atoms with Crippen molar-refractivity contribution in [3.05, 3.63) is 48.2 Å². The third-order valence-corrected chi connectivity index (χ3v) is 3.50. The van der Waals surface area contributed by atoms with Crippen LogP contribution in [0.2, 0.25) is 0 Å². The molecular weight excluding hydrogens is 334 g/mol. The summed E-state index contributed by atoms with van der Waals surface area (Å²) in [5.41, 5.74) is 0.546. The molecule has 10 heteroatoms. The van der Waals surface area contributed by atoms with E-state index in [2.05, 4.69) is 25.2 Å². The Bertz CT molecular complexity index is 963. The van der Waals surface area contributed by atoms with Gasteiger partial charge >= 0.3 is 0 Å². The van der Waals surface area contributed by atoms with Crippen molar-refractivity contribution in [3.8, 4) is 11.6 Å². The molecular formula is C14H13N5O4S. The first kappa shape index (κ1) is 15.7. The normalized spacial score (nSPS) is 11.2. The number of aromatic amines is 1. The molecule has 2 aromatic heterocycles. The van der Waals surface area contributed by atoms with E-state index in [9.17, 15) is 13.2 Å². The molecule has 0 fully saturated rings. The number of H-pyrrole nitrogens is 1. The molecule has 24 heavy (non-hydrogen) atoms. The predicted molar refractivity (Wildman–Crippen MR) is 86.9 cm³/mol. The zero-order chi connectivity index (χ0) is 17.2. The number of nitrogens with one attached hydrogen (secondary N) is 3. The van der Waals surface area contributed by atoms with Gasteiger partial charge in [-0.2, -0.15) is 4.98 Å². The monoisotopic (exact) mass is 347 g/mol. The van der Waals surface area contributed by atoms with Crippen molar-refractivity contribution in [2.75, 3.05) is 16.3 Å². The van der Waals surface area contributed by atoms with E-state index in [4.69, 9.17) is 4.42 Å². The van der Waals surface area contributed by atoms with Gasteiger partial charge in [0.05, 0.1) is 12.5 Å². The van der Waals surface area contributed by atoms with E-state index in [0.717, 1.165) is 6.26 Å². The van der Waals surface area contributed by atoms with Crippen LogP contribution in [0.3, 0.4) is 0 Å². The molecule has 1 aromatic carbocycles. The first-order chi connectivity index (χ1) is 11.4. The quantitative estimate of drug-likeness (QED) is 0.644. The van der Waals surface area contributed by atoms with Crippen LogP contribution in [0.15, 0.2) is 47.1 Å². The van der Waals surface area contributed by atoms with Gasteiger partial charge in [-0.1, -0.05) is 6.07 Å². The molecule has 3 rings (SSSR count). The lowest BCUT2D eigenvalue weighted by molar-refractivity contribution is 0.102. The van der Waals surface area contributed by atoms with E-state index in [1.807, 2.05) is 0 Å². The van der Waals surface area contributed by atoms with Crippen LogP contribution in [-0.2, 0) is 10.0 Å². The standard InChI is InChI=1S/C14H13N5O4S/c1-24(21,22)19-10-5-2-4-9(8-10)13(20)16-14-15-12(17-18-14)11-6-3-7-23-11/h2-8,19H,1H3,(H2,15,16,17,18,20). The molecule has 0 radical (unpaired) electrons. The van der Waals surface area contributed by atoms with Crippen LogP contribution in [0.4, 0.5) is 11.6 Å². The lowest BCUT2D eigenvalue weighted by atomic mass is 10.2. The van der Waals surface area contributed by atoms with Crippen LogP contribution < -0.4 is 10.0 Å². The van der Waals surface area contributed by atoms with Gasteiger partial charge in [-0.3, -0.25) is 19.9 Å². The van der Waals surface area contributed by atoms with Gasteiger partial charge in [0.2, 0.25) is 16.0 Å². The van der Waals surface area contributed by atoms with E-state index in [-0.39, 0.29) is 17.2 Å². The van der Waals surface area contributed by atoms with Gasteiger partial charge < -0.3 is 4.42 Å². The molecule has 124 valence electrons. The minimum absolute atomic E-state index is 0.0767. The highest BCUT2D eigenvalue weighted by molar-refractivity contribution is 7.92. The minimum Gasteiger partial charge on any atom is -0.461 e. The van der Waals surface area contributed by atoms with E-state index in [1.54, 1.807) is 30.3 Å². The Kier molecular flexibility index (Phi) is 4.04. The summed E-state index contributed by atoms with van der Waals surface area (Å²) in [6.07, 6.45) is 2.53. The number of furan rings is 1. The van der Waals surface area contributed by atoms with Crippen molar-refractivity contribution in [1.29, 1.82) is 0 Å². The van der Waals surface area contributed by atoms with Gasteiger partial charge in [0.25, 0.3) is 5.91 Å². The molecule has 0 aliphatic heterocycles. The van der Waals surface area contributed by atoms with E-state index < -0.39 is 15.9 Å². The van der Waals surface area contributed by atoms with Gasteiger partial charge in [-0.15, -0.1) is 5.10 Å². The Morgan fingerprint density at radius 1 is 1.25 bits per heavy atom. The number of aromatic nitrogens is 3. The molecule has 0 aliphatic carbocycles. The fraction of sp³-hybridized carbons (Fsp3) is 0.0714. The average molecular weight is 347 g/mol. The van der Waals surface area contributed by atoms with Crippen molar-refractivity contribution in [3.63, 3.8) is 0 Å². The highest BCUT2D eigenvalue weighted by atomic mass is 32.2. The smallest absolute Gasteiger partial charge is 0.258 e. The molecule has 0 saturated carbocycles. The largest absolute Gasteiger partial charge is 0.461 e. The molecule has 0 saturated heterocycles. The lowest BCUT2D eigenvalue weighted by Gasteiger charge is -2.06. The zero-order valence-corrected chi connectivity index (χ0v) is 13.3. The molecule has 0 atom stereocenters. The molecule has 0 bridgehead atoms. The molecule has 0 spiro atoms. The van der Waals surface area contributed by atoms with Gasteiger partial charge in [-0.25, -0.2) is 8.42 Å². The van der Waals surface area contributed by atoms with Crippen molar-refractivity contribution in [2.45, 2.75) is 0 Å². The summed E-state index contributed by atoms with van der Waals surface area (Å²) in [4.78, 5) is 16.3. The van der Waals surface area contributed by atoms with Gasteiger partial charge in [0.1, 0.15) is 0 Å². The first-order valence-electron chi connectivity index (χ1n) is 6.76. The van der Waals surface area contributed by atoms with Crippen molar-refractivity contribution in [2.24, 2.45) is 0 Å². The number of carbonyl (C=O) groups is 1.